The lowest BCUT2D eigenvalue weighted by Gasteiger charge is -2.32. The fourth-order valence-electron chi connectivity index (χ4n) is 4.77. The Balaban J connectivity index is 1.32. The van der Waals surface area contributed by atoms with E-state index < -0.39 is 17.5 Å². The fraction of sp³-hybridized carbons (Fsp3) is 0.435. The number of aromatic amines is 1. The van der Waals surface area contributed by atoms with Crippen molar-refractivity contribution in [1.82, 2.24) is 25.2 Å². The predicted molar refractivity (Wildman–Crippen MR) is 118 cm³/mol. The van der Waals surface area contributed by atoms with Gasteiger partial charge in [0.15, 0.2) is 17.5 Å². The monoisotopic (exact) mass is 458 g/mol. The third kappa shape index (κ3) is 4.46. The smallest absolute Gasteiger partial charge is 0.317 e. The van der Waals surface area contributed by atoms with Crippen LogP contribution in [0.1, 0.15) is 38.5 Å². The lowest BCUT2D eigenvalue weighted by molar-refractivity contribution is 0.199. The van der Waals surface area contributed by atoms with E-state index in [0.29, 0.717) is 12.0 Å². The fourth-order valence-corrected chi connectivity index (χ4v) is 4.77. The zero-order valence-electron chi connectivity index (χ0n) is 18.0. The topological polar surface area (TPSA) is 85.9 Å². The minimum Gasteiger partial charge on any atom is -0.365 e. The third-order valence-corrected chi connectivity index (χ3v) is 6.43. The number of rotatable bonds is 4. The number of hydrogen-bond donors (Lipinski definition) is 3. The van der Waals surface area contributed by atoms with Gasteiger partial charge < -0.3 is 20.5 Å². The molecule has 1 saturated heterocycles. The number of likely N-dealkylation sites (tertiary alicyclic amines) is 1. The van der Waals surface area contributed by atoms with E-state index in [2.05, 4.69) is 25.6 Å². The number of carbonyl (C=O) groups excluding carboxylic acids is 1. The second-order valence-electron chi connectivity index (χ2n) is 8.75. The Bertz CT molecular complexity index is 1180. The number of amides is 2. The van der Waals surface area contributed by atoms with Crippen molar-refractivity contribution in [3.63, 3.8) is 0 Å². The van der Waals surface area contributed by atoms with Gasteiger partial charge in [0.1, 0.15) is 11.6 Å². The molecule has 3 heterocycles. The van der Waals surface area contributed by atoms with Gasteiger partial charge in [0.25, 0.3) is 0 Å². The molecule has 1 aromatic carbocycles. The van der Waals surface area contributed by atoms with Gasteiger partial charge in [-0.25, -0.2) is 27.9 Å². The van der Waals surface area contributed by atoms with E-state index in [0.717, 1.165) is 57.5 Å². The van der Waals surface area contributed by atoms with Crippen LogP contribution in [-0.4, -0.2) is 51.1 Å². The molecule has 7 nitrogen and oxygen atoms in total. The molecule has 2 fully saturated rings. The van der Waals surface area contributed by atoms with E-state index >= 15 is 0 Å². The number of nitrogens with one attached hydrogen (secondary N) is 3. The molecule has 0 bridgehead atoms. The Kier molecular flexibility index (Phi) is 5.82. The van der Waals surface area contributed by atoms with Crippen LogP contribution in [0.2, 0.25) is 0 Å². The summed E-state index contributed by atoms with van der Waals surface area (Å²) in [6, 6.07) is 1.89. The number of carbonyl (C=O) groups is 1. The summed E-state index contributed by atoms with van der Waals surface area (Å²) >= 11 is 0. The molecule has 2 atom stereocenters. The van der Waals surface area contributed by atoms with Crippen LogP contribution in [0.15, 0.2) is 24.5 Å². The standard InChI is InChI=1S/C23H25F3N6O/c24-13-8-16-17(11-27-20(16)18(25)9-13)21-28-12-19(26)22(31-21)29-14-4-3-5-15(10-14)30-23(33)32-6-1-2-7-32/h8-9,11-12,14-15,27H,1-7,10H2,(H,30,33)(H,28,29,31)/t14-,15+/m0/s1. The molecule has 1 aliphatic heterocycles. The van der Waals surface area contributed by atoms with Crippen LogP contribution in [0.5, 0.6) is 0 Å². The first-order valence-corrected chi connectivity index (χ1v) is 11.3. The highest BCUT2D eigenvalue weighted by molar-refractivity contribution is 5.94. The zero-order valence-corrected chi connectivity index (χ0v) is 18.0. The van der Waals surface area contributed by atoms with Crippen LogP contribution >= 0.6 is 0 Å². The minimum absolute atomic E-state index is 0.00767. The van der Waals surface area contributed by atoms with Crippen LogP contribution in [0.3, 0.4) is 0 Å². The molecule has 0 radical (unpaired) electrons. The highest BCUT2D eigenvalue weighted by Crippen LogP contribution is 2.30. The van der Waals surface area contributed by atoms with Crippen LogP contribution in [0, 0.1) is 17.5 Å². The van der Waals surface area contributed by atoms with Crippen molar-refractivity contribution < 1.29 is 18.0 Å². The highest BCUT2D eigenvalue weighted by atomic mass is 19.1. The summed E-state index contributed by atoms with van der Waals surface area (Å²) in [5, 5.41) is 6.53. The van der Waals surface area contributed by atoms with Crippen molar-refractivity contribution in [3.05, 3.63) is 42.0 Å². The summed E-state index contributed by atoms with van der Waals surface area (Å²) < 4.78 is 42.3. The van der Waals surface area contributed by atoms with E-state index in [1.165, 1.54) is 12.3 Å². The van der Waals surface area contributed by atoms with Crippen LogP contribution < -0.4 is 10.6 Å². The Morgan fingerprint density at radius 3 is 2.67 bits per heavy atom. The van der Waals surface area contributed by atoms with Gasteiger partial charge >= 0.3 is 6.03 Å². The number of urea groups is 1. The SMILES string of the molecule is O=C(N[C@@H]1CCC[C@H](Nc2nc(-c3c[nH]c4c(F)cc(F)cc34)ncc2F)C1)N1CCCC1. The molecule has 2 aliphatic rings. The van der Waals surface area contributed by atoms with Gasteiger partial charge in [-0.1, -0.05) is 0 Å². The summed E-state index contributed by atoms with van der Waals surface area (Å²) in [4.78, 5) is 25.4. The molecule has 3 N–H and O–H groups in total. The van der Waals surface area contributed by atoms with E-state index in [1.807, 2.05) is 4.90 Å². The molecule has 1 aliphatic carbocycles. The Morgan fingerprint density at radius 2 is 1.85 bits per heavy atom. The van der Waals surface area contributed by atoms with Crippen molar-refractivity contribution in [2.45, 2.75) is 50.6 Å². The van der Waals surface area contributed by atoms with Gasteiger partial charge in [0.2, 0.25) is 0 Å². The summed E-state index contributed by atoms with van der Waals surface area (Å²) in [5.41, 5.74) is 0.517. The zero-order chi connectivity index (χ0) is 22.9. The maximum atomic E-state index is 14.5. The Labute approximate surface area is 188 Å². The van der Waals surface area contributed by atoms with Crippen molar-refractivity contribution in [1.29, 1.82) is 0 Å². The summed E-state index contributed by atoms with van der Waals surface area (Å²) in [6.45, 7) is 1.58. The number of aromatic nitrogens is 3. The van der Waals surface area contributed by atoms with Gasteiger partial charge in [0, 0.05) is 48.4 Å². The number of hydrogen-bond acceptors (Lipinski definition) is 4. The number of benzene rings is 1. The Morgan fingerprint density at radius 1 is 1.06 bits per heavy atom. The lowest BCUT2D eigenvalue weighted by Crippen LogP contribution is -2.47. The molecule has 3 aromatic rings. The molecule has 0 unspecified atom stereocenters. The minimum atomic E-state index is -0.721. The van der Waals surface area contributed by atoms with Gasteiger partial charge in [-0.2, -0.15) is 0 Å². The van der Waals surface area contributed by atoms with Gasteiger partial charge in [-0.3, -0.25) is 0 Å². The average Bonchev–Trinajstić information content (AvgIpc) is 3.46. The van der Waals surface area contributed by atoms with E-state index in [1.54, 1.807) is 0 Å². The lowest BCUT2D eigenvalue weighted by atomic mass is 9.91. The maximum absolute atomic E-state index is 14.5. The highest BCUT2D eigenvalue weighted by Gasteiger charge is 2.27. The molecule has 10 heteroatoms. The number of anilines is 1. The predicted octanol–water partition coefficient (Wildman–Crippen LogP) is 4.57. The normalized spacial score (nSPS) is 20.9. The van der Waals surface area contributed by atoms with Crippen molar-refractivity contribution in [3.8, 4) is 11.4 Å². The number of halogens is 3. The average molecular weight is 458 g/mol. The van der Waals surface area contributed by atoms with E-state index in [4.69, 9.17) is 0 Å². The van der Waals surface area contributed by atoms with E-state index in [-0.39, 0.29) is 40.7 Å². The largest absolute Gasteiger partial charge is 0.365 e. The van der Waals surface area contributed by atoms with Gasteiger partial charge in [-0.15, -0.1) is 0 Å². The second kappa shape index (κ2) is 8.92. The Hall–Kier alpha value is -3.30. The summed E-state index contributed by atoms with van der Waals surface area (Å²) in [5.74, 6) is -1.86. The molecule has 33 heavy (non-hydrogen) atoms. The molecule has 1 saturated carbocycles. The molecule has 5 rings (SSSR count). The summed E-state index contributed by atoms with van der Waals surface area (Å²) in [6.07, 6.45) is 7.84. The van der Waals surface area contributed by atoms with Crippen molar-refractivity contribution in [2.75, 3.05) is 18.4 Å². The van der Waals surface area contributed by atoms with Gasteiger partial charge in [0.05, 0.1) is 11.7 Å². The van der Waals surface area contributed by atoms with Crippen molar-refractivity contribution in [2.24, 2.45) is 0 Å². The molecular weight excluding hydrogens is 433 g/mol. The van der Waals surface area contributed by atoms with Crippen LogP contribution in [-0.2, 0) is 0 Å². The molecule has 174 valence electrons. The quantitative estimate of drug-likeness (QED) is 0.535. The molecule has 0 spiro atoms. The number of nitrogens with zero attached hydrogens (tertiary/aromatic N) is 3. The first-order chi connectivity index (χ1) is 16.0. The molecular formula is C23H25F3N6O. The van der Waals surface area contributed by atoms with E-state index in [9.17, 15) is 18.0 Å². The third-order valence-electron chi connectivity index (χ3n) is 6.43. The summed E-state index contributed by atoms with van der Waals surface area (Å²) in [7, 11) is 0. The molecule has 2 amide bonds. The second-order valence-corrected chi connectivity index (χ2v) is 8.75. The van der Waals surface area contributed by atoms with Crippen LogP contribution in [0.4, 0.5) is 23.8 Å². The first kappa shape index (κ1) is 21.5. The maximum Gasteiger partial charge on any atom is 0.317 e. The number of fused-ring (bicyclic) bond motifs is 1. The number of H-pyrrole nitrogens is 1. The van der Waals surface area contributed by atoms with Gasteiger partial charge in [-0.05, 0) is 44.6 Å². The van der Waals surface area contributed by atoms with Crippen LogP contribution in [0.25, 0.3) is 22.3 Å². The first-order valence-electron chi connectivity index (χ1n) is 11.3. The van der Waals surface area contributed by atoms with Crippen molar-refractivity contribution >= 4 is 22.8 Å². The molecule has 2 aromatic heterocycles.